The molecule has 0 saturated heterocycles. The lowest BCUT2D eigenvalue weighted by Crippen LogP contribution is -1.86. The van der Waals surface area contributed by atoms with Gasteiger partial charge >= 0.3 is 0 Å². The van der Waals surface area contributed by atoms with E-state index in [9.17, 15) is 0 Å². The van der Waals surface area contributed by atoms with E-state index in [4.69, 9.17) is 0 Å². The molecule has 1 nitrogen and oxygen atoms in total. The molecule has 0 unspecified atom stereocenters. The Kier molecular flexibility index (Phi) is 1.78. The Bertz CT molecular complexity index is 393. The fourth-order valence-electron chi connectivity index (χ4n) is 1.31. The van der Waals surface area contributed by atoms with Gasteiger partial charge in [-0.25, -0.2) is 0 Å². The zero-order valence-electron chi connectivity index (χ0n) is 7.12. The van der Waals surface area contributed by atoms with Crippen molar-refractivity contribution in [2.45, 2.75) is 13.3 Å². The molecular formula is C11H11N. The highest BCUT2D eigenvalue weighted by Crippen LogP contribution is 2.11. The Labute approximate surface area is 72.1 Å². The fourth-order valence-corrected chi connectivity index (χ4v) is 1.31. The molecule has 0 bridgehead atoms. The summed E-state index contributed by atoms with van der Waals surface area (Å²) in [5, 5.41) is 1.22. The Morgan fingerprint density at radius 2 is 1.92 bits per heavy atom. The second-order valence-electron chi connectivity index (χ2n) is 2.85. The molecule has 12 heavy (non-hydrogen) atoms. The van der Waals surface area contributed by atoms with Crippen molar-refractivity contribution in [2.24, 2.45) is 0 Å². The van der Waals surface area contributed by atoms with Gasteiger partial charge in [0, 0.05) is 11.1 Å². The van der Waals surface area contributed by atoms with Crippen molar-refractivity contribution in [1.82, 2.24) is 4.98 Å². The quantitative estimate of drug-likeness (QED) is 0.620. The Hall–Kier alpha value is -1.37. The van der Waals surface area contributed by atoms with Crippen molar-refractivity contribution in [1.29, 1.82) is 0 Å². The van der Waals surface area contributed by atoms with Crippen LogP contribution in [0.15, 0.2) is 36.4 Å². The molecule has 1 heteroatoms. The molecule has 1 heterocycles. The first-order chi connectivity index (χ1) is 5.90. The summed E-state index contributed by atoms with van der Waals surface area (Å²) in [5.41, 5.74) is 2.26. The van der Waals surface area contributed by atoms with Crippen LogP contribution in [0.25, 0.3) is 10.9 Å². The van der Waals surface area contributed by atoms with Gasteiger partial charge in [-0.3, -0.25) is 4.98 Å². The normalized spacial score (nSPS) is 10.4. The molecule has 0 aliphatic carbocycles. The van der Waals surface area contributed by atoms with Gasteiger partial charge in [0.05, 0.1) is 5.52 Å². The highest BCUT2D eigenvalue weighted by Gasteiger charge is 1.93. The third-order valence-corrected chi connectivity index (χ3v) is 2.02. The second-order valence-corrected chi connectivity index (χ2v) is 2.85. The molecule has 0 aliphatic rings. The van der Waals surface area contributed by atoms with E-state index in [1.807, 2.05) is 12.1 Å². The minimum Gasteiger partial charge on any atom is -0.253 e. The predicted octanol–water partition coefficient (Wildman–Crippen LogP) is 2.80. The van der Waals surface area contributed by atoms with Crippen molar-refractivity contribution in [3.63, 3.8) is 0 Å². The lowest BCUT2D eigenvalue weighted by molar-refractivity contribution is 1.06. The number of para-hydroxylation sites is 1. The van der Waals surface area contributed by atoms with Crippen molar-refractivity contribution in [2.75, 3.05) is 0 Å². The number of hydrogen-bond acceptors (Lipinski definition) is 1. The van der Waals surface area contributed by atoms with Gasteiger partial charge in [-0.2, -0.15) is 0 Å². The summed E-state index contributed by atoms with van der Waals surface area (Å²) in [5.74, 6) is 0. The van der Waals surface area contributed by atoms with Gasteiger partial charge in [0.1, 0.15) is 0 Å². The van der Waals surface area contributed by atoms with Crippen LogP contribution in [0.1, 0.15) is 12.6 Å². The van der Waals surface area contributed by atoms with Gasteiger partial charge in [-0.05, 0) is 18.6 Å². The van der Waals surface area contributed by atoms with Crippen LogP contribution in [0.2, 0.25) is 0 Å². The van der Waals surface area contributed by atoms with E-state index >= 15 is 0 Å². The molecule has 1 aromatic carbocycles. The molecule has 0 atom stereocenters. The number of rotatable bonds is 1. The van der Waals surface area contributed by atoms with Gasteiger partial charge in [-0.1, -0.05) is 31.2 Å². The third kappa shape index (κ3) is 1.18. The van der Waals surface area contributed by atoms with Crippen LogP contribution < -0.4 is 0 Å². The Morgan fingerprint density at radius 3 is 2.75 bits per heavy atom. The number of nitrogens with zero attached hydrogens (tertiary/aromatic N) is 1. The summed E-state index contributed by atoms with van der Waals surface area (Å²) in [7, 11) is 0. The average Bonchev–Trinajstić information content (AvgIpc) is 2.17. The van der Waals surface area contributed by atoms with Crippen LogP contribution >= 0.6 is 0 Å². The highest BCUT2D eigenvalue weighted by molar-refractivity contribution is 5.78. The Balaban J connectivity index is 2.67. The molecule has 0 aliphatic heterocycles. The van der Waals surface area contributed by atoms with Gasteiger partial charge in [0.15, 0.2) is 0 Å². The van der Waals surface area contributed by atoms with E-state index in [1.54, 1.807) is 0 Å². The summed E-state index contributed by atoms with van der Waals surface area (Å²) < 4.78 is 0. The largest absolute Gasteiger partial charge is 0.253 e. The molecule has 0 amide bonds. The number of aromatic nitrogens is 1. The summed E-state index contributed by atoms with van der Waals surface area (Å²) >= 11 is 0. The number of fused-ring (bicyclic) bond motifs is 1. The van der Waals surface area contributed by atoms with E-state index in [2.05, 4.69) is 36.2 Å². The first-order valence-electron chi connectivity index (χ1n) is 4.25. The van der Waals surface area contributed by atoms with E-state index in [0.29, 0.717) is 0 Å². The standard InChI is InChI=1S/C11H11N/c1-2-10-8-7-9-5-3-4-6-11(9)12-10/h3-8H,2H2,1H3. The van der Waals surface area contributed by atoms with E-state index in [-0.39, 0.29) is 0 Å². The molecule has 0 radical (unpaired) electrons. The minimum absolute atomic E-state index is 1.00. The summed E-state index contributed by atoms with van der Waals surface area (Å²) in [6.07, 6.45) is 1.00. The number of aryl methyl sites for hydroxylation is 1. The first kappa shape index (κ1) is 7.29. The zero-order valence-corrected chi connectivity index (χ0v) is 7.12. The Morgan fingerprint density at radius 1 is 1.08 bits per heavy atom. The predicted molar refractivity (Wildman–Crippen MR) is 51.1 cm³/mol. The molecule has 0 N–H and O–H groups in total. The molecule has 1 aromatic heterocycles. The van der Waals surface area contributed by atoms with E-state index < -0.39 is 0 Å². The van der Waals surface area contributed by atoms with Gasteiger partial charge in [-0.15, -0.1) is 0 Å². The summed E-state index contributed by atoms with van der Waals surface area (Å²) in [6.45, 7) is 2.12. The maximum atomic E-state index is 4.49. The van der Waals surface area contributed by atoms with Crippen LogP contribution in [0.4, 0.5) is 0 Å². The van der Waals surface area contributed by atoms with Crippen LogP contribution in [0, 0.1) is 0 Å². The molecule has 0 fully saturated rings. The van der Waals surface area contributed by atoms with Crippen molar-refractivity contribution in [3.05, 3.63) is 42.1 Å². The average molecular weight is 157 g/mol. The van der Waals surface area contributed by atoms with Crippen LogP contribution in [-0.2, 0) is 6.42 Å². The number of benzene rings is 1. The highest BCUT2D eigenvalue weighted by atomic mass is 14.7. The first-order valence-corrected chi connectivity index (χ1v) is 4.25. The summed E-state index contributed by atoms with van der Waals surface area (Å²) in [6, 6.07) is 12.4. The molecule has 60 valence electrons. The van der Waals surface area contributed by atoms with Crippen molar-refractivity contribution >= 4 is 10.9 Å². The zero-order chi connectivity index (χ0) is 8.39. The monoisotopic (exact) mass is 157 g/mol. The minimum atomic E-state index is 1.00. The van der Waals surface area contributed by atoms with E-state index in [1.165, 1.54) is 5.39 Å². The smallest absolute Gasteiger partial charge is 0.0705 e. The number of pyridine rings is 1. The number of hydrogen-bond donors (Lipinski definition) is 0. The maximum absolute atomic E-state index is 4.49. The lowest BCUT2D eigenvalue weighted by atomic mass is 10.2. The van der Waals surface area contributed by atoms with Gasteiger partial charge in [0.2, 0.25) is 0 Å². The SMILES string of the molecule is CCc1ccc2ccccc2n1. The molecule has 0 spiro atoms. The summed E-state index contributed by atoms with van der Waals surface area (Å²) in [4.78, 5) is 4.49. The van der Waals surface area contributed by atoms with Crippen LogP contribution in [0.3, 0.4) is 0 Å². The van der Waals surface area contributed by atoms with E-state index in [0.717, 1.165) is 17.6 Å². The fraction of sp³-hybridized carbons (Fsp3) is 0.182. The van der Waals surface area contributed by atoms with Crippen molar-refractivity contribution < 1.29 is 0 Å². The van der Waals surface area contributed by atoms with Gasteiger partial charge in [0.25, 0.3) is 0 Å². The maximum Gasteiger partial charge on any atom is 0.0705 e. The molecular weight excluding hydrogens is 146 g/mol. The third-order valence-electron chi connectivity index (χ3n) is 2.02. The topological polar surface area (TPSA) is 12.9 Å². The molecule has 2 aromatic rings. The molecule has 2 rings (SSSR count). The van der Waals surface area contributed by atoms with Crippen LogP contribution in [0.5, 0.6) is 0 Å². The molecule has 0 saturated carbocycles. The van der Waals surface area contributed by atoms with Crippen LogP contribution in [-0.4, -0.2) is 4.98 Å². The lowest BCUT2D eigenvalue weighted by Gasteiger charge is -1.98. The second kappa shape index (κ2) is 2.94. The van der Waals surface area contributed by atoms with Gasteiger partial charge < -0.3 is 0 Å². The van der Waals surface area contributed by atoms with Crippen molar-refractivity contribution in [3.8, 4) is 0 Å².